The zero-order valence-electron chi connectivity index (χ0n) is 27.7. The molecule has 0 aromatic carbocycles. The summed E-state index contributed by atoms with van der Waals surface area (Å²) in [6.07, 6.45) is 14.1. The van der Waals surface area contributed by atoms with E-state index >= 15 is 0 Å². The van der Waals surface area contributed by atoms with Gasteiger partial charge in [-0.25, -0.2) is 0 Å². The minimum absolute atomic E-state index is 0.251. The highest BCUT2D eigenvalue weighted by Crippen LogP contribution is 2.73. The number of hydrogen-bond donors (Lipinski definition) is 3. The third-order valence-electron chi connectivity index (χ3n) is 11.6. The van der Waals surface area contributed by atoms with Crippen LogP contribution >= 0.6 is 0 Å². The number of ketones is 1. The molecule has 0 amide bonds. The van der Waals surface area contributed by atoms with E-state index < -0.39 is 88.9 Å². The summed E-state index contributed by atoms with van der Waals surface area (Å²) in [6.45, 7) is 12.3. The van der Waals surface area contributed by atoms with E-state index in [1.165, 1.54) is 45.4 Å². The average Bonchev–Trinajstić information content (AvgIpc) is 3.64. The van der Waals surface area contributed by atoms with Gasteiger partial charge in [-0.1, -0.05) is 83.3 Å². The first-order chi connectivity index (χ1) is 21.8. The van der Waals surface area contributed by atoms with Crippen LogP contribution in [0.1, 0.15) is 86.0 Å². The van der Waals surface area contributed by atoms with E-state index in [2.05, 4.69) is 19.6 Å². The van der Waals surface area contributed by atoms with Gasteiger partial charge in [-0.05, 0) is 37.8 Å². The van der Waals surface area contributed by atoms with Crippen molar-refractivity contribution >= 4 is 11.8 Å². The standard InChI is InChI=1S/C36H50O10/c1-7-8-9-10-11-12-13-14-15-16-17-18-33-44-30-26-29-32(20-37,43-29)31(40)34(41)25(19-22(4)27(34)39)36(26,46-33)23(5)28(42-24(6)38)35(30,45-33)21(2)3/h15-19,23,25-26,28-31,37,40-41H,2,7-14,20H2,1,3-6H3/b16-15-,18-17+/t23-,25-,26?,28-,29+,30?,31-,32+,33?,34-,35+,36+/m1/s1. The zero-order valence-corrected chi connectivity index (χ0v) is 27.7. The van der Waals surface area contributed by atoms with Gasteiger partial charge in [0.25, 0.3) is 0 Å². The summed E-state index contributed by atoms with van der Waals surface area (Å²) in [5.74, 6) is -5.58. The number of epoxide rings is 1. The molecular formula is C36H50O10. The highest BCUT2D eigenvalue weighted by atomic mass is 16.9. The molecule has 10 heteroatoms. The summed E-state index contributed by atoms with van der Waals surface area (Å²) in [7, 11) is 0. The quantitative estimate of drug-likeness (QED) is 0.0888. The molecule has 3 unspecified atom stereocenters. The minimum atomic E-state index is -2.38. The van der Waals surface area contributed by atoms with Crippen molar-refractivity contribution in [3.8, 4) is 0 Å². The Hall–Kier alpha value is -2.18. The Kier molecular flexibility index (Phi) is 8.61. The van der Waals surface area contributed by atoms with Crippen LogP contribution in [0.4, 0.5) is 0 Å². The summed E-state index contributed by atoms with van der Waals surface area (Å²) in [4.78, 5) is 26.3. The number of aliphatic hydroxyl groups is 3. The number of allylic oxidation sites excluding steroid dienone is 3. The van der Waals surface area contributed by atoms with Crippen LogP contribution in [0.15, 0.2) is 48.1 Å². The summed E-state index contributed by atoms with van der Waals surface area (Å²) in [5, 5.41) is 34.6. The van der Waals surface area contributed by atoms with Gasteiger partial charge in [-0.15, -0.1) is 0 Å². The van der Waals surface area contributed by atoms with Gasteiger partial charge < -0.3 is 39.0 Å². The molecule has 3 saturated heterocycles. The molecule has 3 N–H and O–H groups in total. The number of Topliss-reactive ketones (excluding diaryl/α,β-unsaturated/α-hetero) is 1. The fourth-order valence-electron chi connectivity index (χ4n) is 9.37. The van der Waals surface area contributed by atoms with Crippen molar-refractivity contribution in [2.45, 2.75) is 139 Å². The zero-order chi connectivity index (χ0) is 33.3. The average molecular weight is 643 g/mol. The fourth-order valence-corrected chi connectivity index (χ4v) is 9.37. The molecule has 3 aliphatic carbocycles. The van der Waals surface area contributed by atoms with Crippen LogP contribution in [-0.4, -0.2) is 86.5 Å². The molecule has 12 atom stereocenters. The van der Waals surface area contributed by atoms with E-state index in [-0.39, 0.29) is 5.57 Å². The molecule has 3 bridgehead atoms. The second-order valence-corrected chi connectivity index (χ2v) is 14.4. The number of unbranched alkanes of at least 4 members (excludes halogenated alkanes) is 7. The normalized spacial score (nSPS) is 46.7. The van der Waals surface area contributed by atoms with Gasteiger partial charge in [0.1, 0.15) is 30.0 Å². The van der Waals surface area contributed by atoms with Gasteiger partial charge in [0.2, 0.25) is 0 Å². The van der Waals surface area contributed by atoms with E-state index in [0.29, 0.717) is 5.57 Å². The minimum Gasteiger partial charge on any atom is -0.459 e. The monoisotopic (exact) mass is 642 g/mol. The lowest BCUT2D eigenvalue weighted by Crippen LogP contribution is -2.76. The molecule has 6 aliphatic rings. The Balaban J connectivity index is 1.39. The number of esters is 1. The van der Waals surface area contributed by atoms with Crippen LogP contribution in [0.25, 0.3) is 0 Å². The molecule has 0 aromatic rings. The van der Waals surface area contributed by atoms with Crippen molar-refractivity contribution in [3.05, 3.63) is 48.1 Å². The molecule has 0 aromatic heterocycles. The first-order valence-electron chi connectivity index (χ1n) is 17.0. The maximum atomic E-state index is 13.7. The number of aliphatic hydroxyl groups excluding tert-OH is 2. The molecule has 3 aliphatic heterocycles. The smallest absolute Gasteiger partial charge is 0.307 e. The lowest BCUT2D eigenvalue weighted by molar-refractivity contribution is -0.407. The van der Waals surface area contributed by atoms with Gasteiger partial charge >= 0.3 is 11.9 Å². The van der Waals surface area contributed by atoms with Gasteiger partial charge in [0, 0.05) is 30.8 Å². The van der Waals surface area contributed by atoms with Crippen LogP contribution in [0.3, 0.4) is 0 Å². The maximum absolute atomic E-state index is 13.7. The number of carbonyl (C=O) groups excluding carboxylic acids is 2. The van der Waals surface area contributed by atoms with Crippen molar-refractivity contribution in [3.63, 3.8) is 0 Å². The Morgan fingerprint density at radius 2 is 1.76 bits per heavy atom. The summed E-state index contributed by atoms with van der Waals surface area (Å²) in [5.41, 5.74) is -6.13. The number of rotatable bonds is 13. The topological polar surface area (TPSA) is 144 Å². The van der Waals surface area contributed by atoms with Gasteiger partial charge in [-0.3, -0.25) is 9.59 Å². The highest BCUT2D eigenvalue weighted by molar-refractivity contribution is 6.05. The van der Waals surface area contributed by atoms with E-state index in [1.807, 2.05) is 13.0 Å². The summed E-state index contributed by atoms with van der Waals surface area (Å²) < 4.78 is 32.6. The van der Waals surface area contributed by atoms with E-state index in [0.717, 1.165) is 12.8 Å². The van der Waals surface area contributed by atoms with Crippen molar-refractivity contribution < 1.29 is 48.6 Å². The highest BCUT2D eigenvalue weighted by Gasteiger charge is 2.90. The second kappa shape index (κ2) is 11.8. The third kappa shape index (κ3) is 4.47. The first kappa shape index (κ1) is 33.7. The Labute approximate surface area is 271 Å². The molecule has 10 nitrogen and oxygen atoms in total. The van der Waals surface area contributed by atoms with E-state index in [4.69, 9.17) is 23.7 Å². The number of carbonyl (C=O) groups is 2. The molecule has 0 radical (unpaired) electrons. The van der Waals surface area contributed by atoms with E-state index in [9.17, 15) is 24.9 Å². The van der Waals surface area contributed by atoms with Crippen molar-refractivity contribution in [1.82, 2.24) is 0 Å². The van der Waals surface area contributed by atoms with Gasteiger partial charge in [0.05, 0.1) is 12.2 Å². The Bertz CT molecular complexity index is 1350. The summed E-state index contributed by atoms with van der Waals surface area (Å²) in [6, 6.07) is 0. The SMILES string of the molecule is C=C(C)[C@@]12OC3(/C=C/C=C\CCCCCCCCC)OC1C1[C@@H]4O[C@]4(CO)[C@@H](O)[C@]4(O)C(=O)C(C)=C[C@H]4[C@@]1(O3)[C@H](C)[C@H]2OC(C)=O. The van der Waals surface area contributed by atoms with Crippen LogP contribution in [0.5, 0.6) is 0 Å². The molecule has 5 fully saturated rings. The molecule has 254 valence electrons. The number of ether oxygens (including phenoxy) is 5. The molecule has 6 rings (SSSR count). The van der Waals surface area contributed by atoms with Gasteiger partial charge in [0.15, 0.2) is 17.0 Å². The second-order valence-electron chi connectivity index (χ2n) is 14.4. The summed E-state index contributed by atoms with van der Waals surface area (Å²) >= 11 is 0. The van der Waals surface area contributed by atoms with Gasteiger partial charge in [-0.2, -0.15) is 0 Å². The Morgan fingerprint density at radius 3 is 2.41 bits per heavy atom. The number of fused-ring (bicyclic) bond motifs is 3. The van der Waals surface area contributed by atoms with Crippen LogP contribution in [0, 0.1) is 17.8 Å². The predicted octanol–water partition coefficient (Wildman–Crippen LogP) is 3.97. The first-order valence-corrected chi connectivity index (χ1v) is 17.0. The van der Waals surface area contributed by atoms with E-state index in [1.54, 1.807) is 32.1 Å². The van der Waals surface area contributed by atoms with Crippen LogP contribution < -0.4 is 0 Å². The molecular weight excluding hydrogens is 592 g/mol. The largest absolute Gasteiger partial charge is 0.459 e. The molecule has 46 heavy (non-hydrogen) atoms. The maximum Gasteiger partial charge on any atom is 0.307 e. The third-order valence-corrected chi connectivity index (χ3v) is 11.6. The van der Waals surface area contributed by atoms with Crippen molar-refractivity contribution in [2.75, 3.05) is 6.61 Å². The lowest BCUT2D eigenvalue weighted by atomic mass is 9.53. The predicted molar refractivity (Wildman–Crippen MR) is 167 cm³/mol. The molecule has 2 saturated carbocycles. The number of hydrogen-bond acceptors (Lipinski definition) is 10. The lowest BCUT2D eigenvalue weighted by Gasteiger charge is -2.61. The fraction of sp³-hybridized carbons (Fsp3) is 0.722. The van der Waals surface area contributed by atoms with Crippen LogP contribution in [0.2, 0.25) is 0 Å². The molecule has 3 heterocycles. The van der Waals surface area contributed by atoms with Crippen molar-refractivity contribution in [1.29, 1.82) is 0 Å². The Morgan fingerprint density at radius 1 is 1.07 bits per heavy atom. The van der Waals surface area contributed by atoms with Crippen LogP contribution in [-0.2, 0) is 33.3 Å². The molecule has 0 spiro atoms. The van der Waals surface area contributed by atoms with Crippen molar-refractivity contribution in [2.24, 2.45) is 17.8 Å².